The van der Waals surface area contributed by atoms with Gasteiger partial charge in [-0.05, 0) is 11.6 Å². The van der Waals surface area contributed by atoms with Gasteiger partial charge >= 0.3 is 5.97 Å². The van der Waals surface area contributed by atoms with Gasteiger partial charge in [0.2, 0.25) is 5.91 Å². The number of amides is 1. The van der Waals surface area contributed by atoms with Gasteiger partial charge in [0.25, 0.3) is 0 Å². The lowest BCUT2D eigenvalue weighted by Crippen LogP contribution is -2.18. The third-order valence-corrected chi connectivity index (χ3v) is 2.86. The highest BCUT2D eigenvalue weighted by Gasteiger charge is 2.10. The van der Waals surface area contributed by atoms with Crippen molar-refractivity contribution in [1.82, 2.24) is 9.78 Å². The Morgan fingerprint density at radius 1 is 1.38 bits per heavy atom. The van der Waals surface area contributed by atoms with E-state index in [-0.39, 0.29) is 12.5 Å². The maximum absolute atomic E-state index is 11.7. The zero-order chi connectivity index (χ0) is 15.2. The van der Waals surface area contributed by atoms with Crippen LogP contribution >= 0.6 is 0 Å². The Kier molecular flexibility index (Phi) is 4.55. The second kappa shape index (κ2) is 6.56. The summed E-state index contributed by atoms with van der Waals surface area (Å²) in [5.74, 6) is -0.836. The highest BCUT2D eigenvalue weighted by Crippen LogP contribution is 2.13. The van der Waals surface area contributed by atoms with E-state index in [2.05, 4.69) is 10.4 Å². The molecule has 0 bridgehead atoms. The fourth-order valence-electron chi connectivity index (χ4n) is 1.88. The summed E-state index contributed by atoms with van der Waals surface area (Å²) in [5.41, 5.74) is 7.15. The number of nitrogens with zero attached hydrogens (tertiary/aromatic N) is 2. The first kappa shape index (κ1) is 14.6. The molecular formula is C14H16N4O3. The van der Waals surface area contributed by atoms with Crippen molar-refractivity contribution in [3.05, 3.63) is 47.8 Å². The third kappa shape index (κ3) is 3.82. The van der Waals surface area contributed by atoms with Gasteiger partial charge in [-0.25, -0.2) is 4.79 Å². The quantitative estimate of drug-likeness (QED) is 0.765. The van der Waals surface area contributed by atoms with E-state index in [0.717, 1.165) is 11.3 Å². The van der Waals surface area contributed by atoms with Crippen molar-refractivity contribution in [2.45, 2.75) is 13.1 Å². The van der Waals surface area contributed by atoms with Crippen molar-refractivity contribution in [2.75, 3.05) is 12.4 Å². The van der Waals surface area contributed by atoms with Gasteiger partial charge in [0, 0.05) is 12.7 Å². The lowest BCUT2D eigenvalue weighted by atomic mass is 10.1. The Hall–Kier alpha value is -2.83. The summed E-state index contributed by atoms with van der Waals surface area (Å²) < 4.78 is 6.18. The van der Waals surface area contributed by atoms with E-state index in [1.807, 2.05) is 12.1 Å². The number of carbonyl (C=O) groups is 2. The first-order valence-corrected chi connectivity index (χ1v) is 6.31. The molecule has 0 atom stereocenters. The summed E-state index contributed by atoms with van der Waals surface area (Å²) in [6.45, 7) is 0.466. The van der Waals surface area contributed by atoms with Crippen LogP contribution in [0.1, 0.15) is 15.9 Å². The smallest absolute Gasteiger partial charge is 0.338 e. The van der Waals surface area contributed by atoms with Crippen LogP contribution in [0.5, 0.6) is 0 Å². The van der Waals surface area contributed by atoms with E-state index >= 15 is 0 Å². The average molecular weight is 288 g/mol. The molecule has 2 rings (SSSR count). The van der Waals surface area contributed by atoms with Gasteiger partial charge in [-0.2, -0.15) is 5.10 Å². The number of primary amides is 1. The van der Waals surface area contributed by atoms with Crippen LogP contribution in [0.25, 0.3) is 0 Å². The van der Waals surface area contributed by atoms with Crippen LogP contribution in [0.4, 0.5) is 5.69 Å². The van der Waals surface area contributed by atoms with Gasteiger partial charge in [0.1, 0.15) is 6.54 Å². The van der Waals surface area contributed by atoms with Gasteiger partial charge in [-0.3, -0.25) is 9.48 Å². The molecule has 1 amide bonds. The molecule has 110 valence electrons. The molecule has 0 aliphatic rings. The molecule has 1 aromatic carbocycles. The summed E-state index contributed by atoms with van der Waals surface area (Å²) in [5, 5.41) is 7.13. The molecule has 1 heterocycles. The summed E-state index contributed by atoms with van der Waals surface area (Å²) in [6, 6.07) is 7.17. The first-order chi connectivity index (χ1) is 10.1. The molecule has 3 N–H and O–H groups in total. The topological polar surface area (TPSA) is 99.2 Å². The maximum Gasteiger partial charge on any atom is 0.338 e. The number of benzene rings is 1. The van der Waals surface area contributed by atoms with Gasteiger partial charge in [0.15, 0.2) is 0 Å². The van der Waals surface area contributed by atoms with Crippen LogP contribution in [0.2, 0.25) is 0 Å². The van der Waals surface area contributed by atoms with Crippen LogP contribution in [-0.4, -0.2) is 28.8 Å². The molecule has 0 spiro atoms. The van der Waals surface area contributed by atoms with Crippen LogP contribution in [0, 0.1) is 0 Å². The summed E-state index contributed by atoms with van der Waals surface area (Å²) in [7, 11) is 1.35. The van der Waals surface area contributed by atoms with Crippen LogP contribution < -0.4 is 11.1 Å². The molecule has 0 aliphatic heterocycles. The van der Waals surface area contributed by atoms with Crippen LogP contribution in [-0.2, 0) is 22.6 Å². The number of nitrogens with one attached hydrogen (secondary N) is 1. The van der Waals surface area contributed by atoms with Crippen molar-refractivity contribution >= 4 is 17.6 Å². The molecule has 0 saturated heterocycles. The average Bonchev–Trinajstić information content (AvgIpc) is 2.91. The number of nitrogens with two attached hydrogens (primary N) is 1. The molecule has 0 fully saturated rings. The lowest BCUT2D eigenvalue weighted by Gasteiger charge is -2.08. The maximum atomic E-state index is 11.7. The van der Waals surface area contributed by atoms with E-state index < -0.39 is 5.91 Å². The molecule has 21 heavy (non-hydrogen) atoms. The monoisotopic (exact) mass is 288 g/mol. The Bertz CT molecular complexity index is 651. The molecule has 1 aromatic heterocycles. The molecule has 7 nitrogen and oxygen atoms in total. The minimum absolute atomic E-state index is 0.0282. The lowest BCUT2D eigenvalue weighted by molar-refractivity contribution is -0.118. The number of hydrogen-bond acceptors (Lipinski definition) is 5. The SMILES string of the molecule is COC(=O)c1ccccc1CNc1cnn(CC(N)=O)c1. The number of ether oxygens (including phenoxy) is 1. The number of rotatable bonds is 6. The van der Waals surface area contributed by atoms with Crippen molar-refractivity contribution in [3.8, 4) is 0 Å². The second-order valence-corrected chi connectivity index (χ2v) is 4.40. The molecule has 0 aliphatic carbocycles. The zero-order valence-electron chi connectivity index (χ0n) is 11.6. The normalized spacial score (nSPS) is 10.1. The van der Waals surface area contributed by atoms with E-state index in [4.69, 9.17) is 10.5 Å². The number of methoxy groups -OCH3 is 1. The highest BCUT2D eigenvalue weighted by atomic mass is 16.5. The van der Waals surface area contributed by atoms with Gasteiger partial charge in [-0.15, -0.1) is 0 Å². The second-order valence-electron chi connectivity index (χ2n) is 4.40. The summed E-state index contributed by atoms with van der Waals surface area (Å²) in [4.78, 5) is 22.5. The standard InChI is InChI=1S/C14H16N4O3/c1-21-14(20)12-5-3-2-4-10(12)6-16-11-7-17-18(8-11)9-13(15)19/h2-5,7-8,16H,6,9H2,1H3,(H2,15,19). The van der Waals surface area contributed by atoms with Gasteiger partial charge in [-0.1, -0.05) is 18.2 Å². The fraction of sp³-hybridized carbons (Fsp3) is 0.214. The number of carbonyl (C=O) groups excluding carboxylic acids is 2. The van der Waals surface area contributed by atoms with Crippen LogP contribution in [0.15, 0.2) is 36.7 Å². The number of esters is 1. The van der Waals surface area contributed by atoms with E-state index in [1.54, 1.807) is 24.5 Å². The van der Waals surface area contributed by atoms with Crippen LogP contribution in [0.3, 0.4) is 0 Å². The molecular weight excluding hydrogens is 272 g/mol. The third-order valence-electron chi connectivity index (χ3n) is 2.86. The molecule has 0 radical (unpaired) electrons. The van der Waals surface area contributed by atoms with Crippen molar-refractivity contribution < 1.29 is 14.3 Å². The minimum Gasteiger partial charge on any atom is -0.465 e. The predicted molar refractivity (Wildman–Crippen MR) is 76.5 cm³/mol. The number of anilines is 1. The summed E-state index contributed by atoms with van der Waals surface area (Å²) in [6.07, 6.45) is 3.26. The molecule has 0 unspecified atom stereocenters. The van der Waals surface area contributed by atoms with Crippen molar-refractivity contribution in [1.29, 1.82) is 0 Å². The number of aromatic nitrogens is 2. The fourth-order valence-corrected chi connectivity index (χ4v) is 1.88. The van der Waals surface area contributed by atoms with E-state index in [0.29, 0.717) is 12.1 Å². The first-order valence-electron chi connectivity index (χ1n) is 6.31. The Morgan fingerprint density at radius 2 is 2.14 bits per heavy atom. The number of hydrogen-bond donors (Lipinski definition) is 2. The largest absolute Gasteiger partial charge is 0.465 e. The Morgan fingerprint density at radius 3 is 2.86 bits per heavy atom. The van der Waals surface area contributed by atoms with Gasteiger partial charge in [0.05, 0.1) is 24.6 Å². The highest BCUT2D eigenvalue weighted by molar-refractivity contribution is 5.91. The zero-order valence-corrected chi connectivity index (χ0v) is 11.6. The molecule has 7 heteroatoms. The minimum atomic E-state index is -0.458. The molecule has 2 aromatic rings. The Balaban J connectivity index is 2.05. The summed E-state index contributed by atoms with van der Waals surface area (Å²) >= 11 is 0. The van der Waals surface area contributed by atoms with Crippen molar-refractivity contribution in [2.24, 2.45) is 5.73 Å². The van der Waals surface area contributed by atoms with Crippen molar-refractivity contribution in [3.63, 3.8) is 0 Å². The predicted octanol–water partition coefficient (Wildman–Crippen LogP) is 0.767. The Labute approximate surface area is 121 Å². The molecule has 0 saturated carbocycles. The van der Waals surface area contributed by atoms with E-state index in [1.165, 1.54) is 11.8 Å². The van der Waals surface area contributed by atoms with E-state index in [9.17, 15) is 9.59 Å². The van der Waals surface area contributed by atoms with Gasteiger partial charge < -0.3 is 15.8 Å².